The standard InChI is InChI=1S/C15H21N5OS/c1-16-8-11-3-2-6-20(10-11)14-17-5-4-12(19-14)7-13-9-18-15(21)22-13/h4-5,7,11,16H,2-3,6,8-10H2,1H3,(H,18,21)/b13-7-. The minimum Gasteiger partial charge on any atom is -0.342 e. The van der Waals surface area contributed by atoms with Crippen LogP contribution in [0, 0.1) is 5.92 Å². The van der Waals surface area contributed by atoms with Crippen molar-refractivity contribution in [3.05, 3.63) is 22.9 Å². The second-order valence-electron chi connectivity index (χ2n) is 5.65. The molecule has 7 heteroatoms. The average molecular weight is 319 g/mol. The summed E-state index contributed by atoms with van der Waals surface area (Å²) < 4.78 is 0. The Hall–Kier alpha value is -1.60. The Kier molecular flexibility index (Phi) is 4.94. The predicted molar refractivity (Wildman–Crippen MR) is 89.9 cm³/mol. The molecule has 1 atom stereocenters. The number of thioether (sulfide) groups is 1. The first kappa shape index (κ1) is 15.3. The molecule has 1 unspecified atom stereocenters. The first-order chi connectivity index (χ1) is 10.7. The van der Waals surface area contributed by atoms with E-state index in [0.29, 0.717) is 12.5 Å². The Bertz CT molecular complexity index is 575. The molecule has 1 amide bonds. The number of aromatic nitrogens is 2. The van der Waals surface area contributed by atoms with Crippen LogP contribution in [-0.2, 0) is 0 Å². The van der Waals surface area contributed by atoms with Gasteiger partial charge >= 0.3 is 0 Å². The second kappa shape index (κ2) is 7.11. The lowest BCUT2D eigenvalue weighted by Crippen LogP contribution is -2.39. The number of piperidine rings is 1. The number of hydrogen-bond acceptors (Lipinski definition) is 6. The lowest BCUT2D eigenvalue weighted by atomic mass is 9.98. The van der Waals surface area contributed by atoms with Crippen LogP contribution in [0.4, 0.5) is 10.7 Å². The molecule has 0 aliphatic carbocycles. The number of rotatable bonds is 4. The molecule has 2 aliphatic heterocycles. The molecule has 3 heterocycles. The summed E-state index contributed by atoms with van der Waals surface area (Å²) in [6.07, 6.45) is 6.19. The molecule has 22 heavy (non-hydrogen) atoms. The predicted octanol–water partition coefficient (Wildman–Crippen LogP) is 1.71. The second-order valence-corrected chi connectivity index (χ2v) is 6.75. The topological polar surface area (TPSA) is 70.2 Å². The van der Waals surface area contributed by atoms with Crippen LogP contribution in [0.5, 0.6) is 0 Å². The van der Waals surface area contributed by atoms with Gasteiger partial charge in [0.05, 0.1) is 12.2 Å². The number of anilines is 1. The van der Waals surface area contributed by atoms with Gasteiger partial charge < -0.3 is 15.5 Å². The van der Waals surface area contributed by atoms with Crippen molar-refractivity contribution in [3.8, 4) is 0 Å². The third-order valence-corrected chi connectivity index (χ3v) is 4.75. The zero-order valence-electron chi connectivity index (χ0n) is 12.7. The van der Waals surface area contributed by atoms with Gasteiger partial charge in [-0.3, -0.25) is 4.79 Å². The van der Waals surface area contributed by atoms with Crippen LogP contribution < -0.4 is 15.5 Å². The summed E-state index contributed by atoms with van der Waals surface area (Å²) in [5, 5.41) is 6.04. The number of carbonyl (C=O) groups excluding carboxylic acids is 1. The van der Waals surface area contributed by atoms with Crippen molar-refractivity contribution >= 4 is 29.0 Å². The Labute approximate surface area is 134 Å². The minimum atomic E-state index is 0.00599. The van der Waals surface area contributed by atoms with Gasteiger partial charge in [0, 0.05) is 24.2 Å². The van der Waals surface area contributed by atoms with Crippen molar-refractivity contribution in [2.45, 2.75) is 12.8 Å². The molecule has 2 N–H and O–H groups in total. The fourth-order valence-electron chi connectivity index (χ4n) is 2.89. The molecule has 2 saturated heterocycles. The fourth-order valence-corrected chi connectivity index (χ4v) is 3.60. The van der Waals surface area contributed by atoms with Gasteiger partial charge in [0.2, 0.25) is 5.95 Å². The Morgan fingerprint density at radius 1 is 1.59 bits per heavy atom. The van der Waals surface area contributed by atoms with Crippen LogP contribution in [0.15, 0.2) is 17.2 Å². The molecule has 118 valence electrons. The van der Waals surface area contributed by atoms with Crippen molar-refractivity contribution < 1.29 is 4.79 Å². The van der Waals surface area contributed by atoms with Crippen LogP contribution in [-0.4, -0.2) is 48.4 Å². The average Bonchev–Trinajstić information content (AvgIpc) is 2.93. The van der Waals surface area contributed by atoms with Gasteiger partial charge in [0.15, 0.2) is 0 Å². The zero-order chi connectivity index (χ0) is 15.4. The molecule has 1 aromatic heterocycles. The highest BCUT2D eigenvalue weighted by atomic mass is 32.2. The van der Waals surface area contributed by atoms with E-state index >= 15 is 0 Å². The molecule has 3 rings (SSSR count). The zero-order valence-corrected chi connectivity index (χ0v) is 13.5. The van der Waals surface area contributed by atoms with E-state index in [9.17, 15) is 4.79 Å². The molecular formula is C15H21N5OS. The normalized spacial score (nSPS) is 23.9. The van der Waals surface area contributed by atoms with E-state index in [1.54, 1.807) is 6.20 Å². The largest absolute Gasteiger partial charge is 0.342 e. The molecule has 0 saturated carbocycles. The summed E-state index contributed by atoms with van der Waals surface area (Å²) in [7, 11) is 2.00. The van der Waals surface area contributed by atoms with Crippen molar-refractivity contribution in [1.29, 1.82) is 0 Å². The highest BCUT2D eigenvalue weighted by Gasteiger charge is 2.21. The summed E-state index contributed by atoms with van der Waals surface area (Å²) in [4.78, 5) is 23.6. The van der Waals surface area contributed by atoms with Gasteiger partial charge in [-0.2, -0.15) is 0 Å². The van der Waals surface area contributed by atoms with E-state index in [4.69, 9.17) is 0 Å². The number of amides is 1. The van der Waals surface area contributed by atoms with E-state index in [2.05, 4.69) is 25.5 Å². The molecule has 0 aromatic carbocycles. The molecule has 0 bridgehead atoms. The van der Waals surface area contributed by atoms with Crippen LogP contribution in [0.1, 0.15) is 18.5 Å². The molecule has 1 aromatic rings. The van der Waals surface area contributed by atoms with E-state index in [0.717, 1.165) is 36.2 Å². The maximum atomic E-state index is 11.2. The third-order valence-electron chi connectivity index (χ3n) is 3.90. The molecular weight excluding hydrogens is 298 g/mol. The quantitative estimate of drug-likeness (QED) is 0.880. The van der Waals surface area contributed by atoms with Gasteiger partial charge in [-0.15, -0.1) is 0 Å². The summed E-state index contributed by atoms with van der Waals surface area (Å²) in [6.45, 7) is 3.63. The molecule has 2 fully saturated rings. The van der Waals surface area contributed by atoms with Gasteiger partial charge in [0.25, 0.3) is 5.24 Å². The van der Waals surface area contributed by atoms with Crippen LogP contribution in [0.2, 0.25) is 0 Å². The highest BCUT2D eigenvalue weighted by molar-refractivity contribution is 8.17. The minimum absolute atomic E-state index is 0.00599. The number of nitrogens with one attached hydrogen (secondary N) is 2. The number of hydrogen-bond donors (Lipinski definition) is 2. The smallest absolute Gasteiger partial charge is 0.283 e. The summed E-state index contributed by atoms with van der Waals surface area (Å²) in [6, 6.07) is 1.88. The maximum absolute atomic E-state index is 11.2. The number of nitrogens with zero attached hydrogens (tertiary/aromatic N) is 3. The lowest BCUT2D eigenvalue weighted by molar-refractivity contribution is 0.262. The SMILES string of the molecule is CNCC1CCCN(c2nccc(/C=C3/CNC(=O)S3)n2)C1. The fraction of sp³-hybridized carbons (Fsp3) is 0.533. The van der Waals surface area contributed by atoms with Crippen molar-refractivity contribution in [2.24, 2.45) is 5.92 Å². The van der Waals surface area contributed by atoms with E-state index in [-0.39, 0.29) is 5.24 Å². The van der Waals surface area contributed by atoms with Crippen molar-refractivity contribution in [3.63, 3.8) is 0 Å². The highest BCUT2D eigenvalue weighted by Crippen LogP contribution is 2.25. The van der Waals surface area contributed by atoms with Crippen molar-refractivity contribution in [2.75, 3.05) is 38.1 Å². The van der Waals surface area contributed by atoms with Gasteiger partial charge in [0.1, 0.15) is 0 Å². The molecule has 6 nitrogen and oxygen atoms in total. The lowest BCUT2D eigenvalue weighted by Gasteiger charge is -2.32. The number of carbonyl (C=O) groups is 1. The Morgan fingerprint density at radius 3 is 3.27 bits per heavy atom. The van der Waals surface area contributed by atoms with E-state index in [1.165, 1.54) is 24.6 Å². The van der Waals surface area contributed by atoms with E-state index in [1.807, 2.05) is 19.2 Å². The van der Waals surface area contributed by atoms with Gasteiger partial charge in [-0.25, -0.2) is 9.97 Å². The van der Waals surface area contributed by atoms with E-state index < -0.39 is 0 Å². The Balaban J connectivity index is 1.72. The summed E-state index contributed by atoms with van der Waals surface area (Å²) in [5.74, 6) is 1.44. The monoisotopic (exact) mass is 319 g/mol. The first-order valence-electron chi connectivity index (χ1n) is 7.63. The molecule has 2 aliphatic rings. The molecule has 0 radical (unpaired) electrons. The first-order valence-corrected chi connectivity index (χ1v) is 8.45. The van der Waals surface area contributed by atoms with Crippen LogP contribution in [0.3, 0.4) is 0 Å². The summed E-state index contributed by atoms with van der Waals surface area (Å²) >= 11 is 1.24. The van der Waals surface area contributed by atoms with Crippen molar-refractivity contribution in [1.82, 2.24) is 20.6 Å². The maximum Gasteiger partial charge on any atom is 0.283 e. The van der Waals surface area contributed by atoms with Gasteiger partial charge in [-0.1, -0.05) is 0 Å². The van der Waals surface area contributed by atoms with Crippen LogP contribution >= 0.6 is 11.8 Å². The third kappa shape index (κ3) is 3.78. The summed E-state index contributed by atoms with van der Waals surface area (Å²) in [5.41, 5.74) is 0.861. The Morgan fingerprint density at radius 2 is 2.50 bits per heavy atom. The van der Waals surface area contributed by atoms with Crippen LogP contribution in [0.25, 0.3) is 6.08 Å². The molecule has 0 spiro atoms. The van der Waals surface area contributed by atoms with Gasteiger partial charge in [-0.05, 0) is 56.3 Å².